The molecule has 6 nitrogen and oxygen atoms in total. The molecule has 2 aliphatic heterocycles. The number of fused-ring (bicyclic) bond motifs is 1. The number of hydrogen-bond donors (Lipinski definition) is 0. The lowest BCUT2D eigenvalue weighted by atomic mass is 9.73. The van der Waals surface area contributed by atoms with Crippen molar-refractivity contribution in [3.63, 3.8) is 0 Å². The zero-order valence-corrected chi connectivity index (χ0v) is 19.7. The Morgan fingerprint density at radius 3 is 2.61 bits per heavy atom. The van der Waals surface area contributed by atoms with Crippen LogP contribution in [0.25, 0.3) is 0 Å². The molecule has 3 aliphatic rings. The fraction of sp³-hybridized carbons (Fsp3) is 0.750. The highest BCUT2D eigenvalue weighted by molar-refractivity contribution is 5.83. The predicted molar refractivity (Wildman–Crippen MR) is 116 cm³/mol. The van der Waals surface area contributed by atoms with Crippen LogP contribution in [-0.4, -0.2) is 54.6 Å². The van der Waals surface area contributed by atoms with Crippen LogP contribution in [0, 0.1) is 16.5 Å². The summed E-state index contributed by atoms with van der Waals surface area (Å²) in [5.41, 5.74) is -0.874. The Balaban J connectivity index is 1.53. The standard InChI is InChI=1S/C24H34F3N3O3/c1-16(2)23(8-4-20(13-23)28(3)19-6-10-33-11-7-19)22(31)29-9-5-21-17(14-29)12-18(15-30(21)32)24(25,26)27/h12,15-16,19-20H,4-11,13-14H2,1-3H3/t20-,23+/m1/s1. The van der Waals surface area contributed by atoms with Crippen molar-refractivity contribution >= 4 is 5.91 Å². The number of ether oxygens (including phenoxy) is 1. The van der Waals surface area contributed by atoms with Crippen LogP contribution in [0.2, 0.25) is 0 Å². The number of carbonyl (C=O) groups is 1. The number of pyridine rings is 1. The largest absolute Gasteiger partial charge is 0.618 e. The lowest BCUT2D eigenvalue weighted by Crippen LogP contribution is -2.50. The molecule has 33 heavy (non-hydrogen) atoms. The quantitative estimate of drug-likeness (QED) is 0.500. The molecule has 1 aliphatic carbocycles. The Bertz CT molecular complexity index is 886. The van der Waals surface area contributed by atoms with E-state index in [1.807, 2.05) is 0 Å². The fourth-order valence-electron chi connectivity index (χ4n) is 5.98. The molecule has 0 N–H and O–H groups in total. The van der Waals surface area contributed by atoms with Gasteiger partial charge >= 0.3 is 6.18 Å². The molecule has 1 saturated heterocycles. The zero-order valence-electron chi connectivity index (χ0n) is 19.7. The first-order chi connectivity index (χ1) is 15.5. The summed E-state index contributed by atoms with van der Waals surface area (Å²) in [5, 5.41) is 12.2. The van der Waals surface area contributed by atoms with Crippen LogP contribution in [0.1, 0.15) is 62.8 Å². The molecule has 3 heterocycles. The van der Waals surface area contributed by atoms with Crippen LogP contribution in [0.4, 0.5) is 13.2 Å². The molecule has 0 spiro atoms. The van der Waals surface area contributed by atoms with Gasteiger partial charge in [-0.1, -0.05) is 13.8 Å². The summed E-state index contributed by atoms with van der Waals surface area (Å²) in [6, 6.07) is 1.79. The predicted octanol–water partition coefficient (Wildman–Crippen LogP) is 3.53. The number of hydrogen-bond acceptors (Lipinski definition) is 4. The maximum absolute atomic E-state index is 13.9. The normalized spacial score (nSPS) is 26.8. The summed E-state index contributed by atoms with van der Waals surface area (Å²) < 4.78 is 45.5. The molecule has 2 fully saturated rings. The molecule has 0 bridgehead atoms. The Kier molecular flexibility index (Phi) is 6.66. The van der Waals surface area contributed by atoms with Crippen LogP contribution in [0.3, 0.4) is 0 Å². The molecule has 2 atom stereocenters. The van der Waals surface area contributed by atoms with Crippen molar-refractivity contribution in [2.45, 2.75) is 77.2 Å². The zero-order chi connectivity index (χ0) is 24.0. The fourth-order valence-corrected chi connectivity index (χ4v) is 5.98. The van der Waals surface area contributed by atoms with E-state index in [1.54, 1.807) is 4.90 Å². The van der Waals surface area contributed by atoms with Crippen LogP contribution < -0.4 is 4.73 Å². The first-order valence-electron chi connectivity index (χ1n) is 11.9. The number of carbonyl (C=O) groups excluding carboxylic acids is 1. The molecular formula is C24H34F3N3O3. The van der Waals surface area contributed by atoms with E-state index in [0.29, 0.717) is 40.8 Å². The molecule has 0 radical (unpaired) electrons. The summed E-state index contributed by atoms with van der Waals surface area (Å²) in [4.78, 5) is 18.0. The highest BCUT2D eigenvalue weighted by Gasteiger charge is 2.51. The van der Waals surface area contributed by atoms with Crippen molar-refractivity contribution in [1.29, 1.82) is 0 Å². The van der Waals surface area contributed by atoms with E-state index >= 15 is 0 Å². The molecule has 0 aromatic carbocycles. The van der Waals surface area contributed by atoms with E-state index in [2.05, 4.69) is 25.8 Å². The average molecular weight is 470 g/mol. The van der Waals surface area contributed by atoms with E-state index in [4.69, 9.17) is 4.74 Å². The SMILES string of the molecule is CC(C)[C@]1(C(=O)N2CCc3c(cc(C(F)(F)F)c[n+]3[O-])C2)CC[C@@H](N(C)C2CCOCC2)C1. The monoisotopic (exact) mass is 469 g/mol. The van der Waals surface area contributed by atoms with Crippen LogP contribution >= 0.6 is 0 Å². The minimum atomic E-state index is -4.60. The van der Waals surface area contributed by atoms with Crippen molar-refractivity contribution in [3.05, 3.63) is 34.3 Å². The Labute approximate surface area is 193 Å². The molecule has 4 rings (SSSR count). The van der Waals surface area contributed by atoms with Gasteiger partial charge in [0.1, 0.15) is 5.56 Å². The minimum absolute atomic E-state index is 0.0147. The highest BCUT2D eigenvalue weighted by Crippen LogP contribution is 2.48. The maximum Gasteiger partial charge on any atom is 0.422 e. The lowest BCUT2D eigenvalue weighted by Gasteiger charge is -2.40. The van der Waals surface area contributed by atoms with Crippen molar-refractivity contribution in [1.82, 2.24) is 9.80 Å². The summed E-state index contributed by atoms with van der Waals surface area (Å²) >= 11 is 0. The third kappa shape index (κ3) is 4.58. The second-order valence-corrected chi connectivity index (χ2v) is 10.2. The second kappa shape index (κ2) is 9.06. The van der Waals surface area contributed by atoms with Crippen molar-refractivity contribution in [3.8, 4) is 0 Å². The van der Waals surface area contributed by atoms with Crippen LogP contribution in [0.15, 0.2) is 12.3 Å². The highest BCUT2D eigenvalue weighted by atomic mass is 19.4. The van der Waals surface area contributed by atoms with E-state index < -0.39 is 17.2 Å². The number of alkyl halides is 3. The molecule has 9 heteroatoms. The first kappa shape index (κ1) is 24.3. The van der Waals surface area contributed by atoms with E-state index in [9.17, 15) is 23.2 Å². The minimum Gasteiger partial charge on any atom is -0.618 e. The average Bonchev–Trinajstić information content (AvgIpc) is 3.24. The number of rotatable bonds is 4. The molecule has 0 unspecified atom stereocenters. The Morgan fingerprint density at radius 1 is 1.27 bits per heavy atom. The summed E-state index contributed by atoms with van der Waals surface area (Å²) in [7, 11) is 2.14. The maximum atomic E-state index is 13.9. The topological polar surface area (TPSA) is 59.7 Å². The smallest absolute Gasteiger partial charge is 0.422 e. The van der Waals surface area contributed by atoms with Crippen LogP contribution in [-0.2, 0) is 28.7 Å². The van der Waals surface area contributed by atoms with Crippen molar-refractivity contribution < 1.29 is 27.4 Å². The van der Waals surface area contributed by atoms with Gasteiger partial charge in [-0.25, -0.2) is 0 Å². The molecule has 184 valence electrons. The lowest BCUT2D eigenvalue weighted by molar-refractivity contribution is -0.616. The van der Waals surface area contributed by atoms with Gasteiger partial charge in [-0.2, -0.15) is 17.9 Å². The van der Waals surface area contributed by atoms with Crippen LogP contribution in [0.5, 0.6) is 0 Å². The third-order valence-corrected chi connectivity index (χ3v) is 8.21. The molecule has 1 aromatic heterocycles. The number of nitrogens with zero attached hydrogens (tertiary/aromatic N) is 3. The summed E-state index contributed by atoms with van der Waals surface area (Å²) in [5.74, 6) is 0.131. The van der Waals surface area contributed by atoms with Gasteiger partial charge in [0.2, 0.25) is 5.91 Å². The molecule has 1 saturated carbocycles. The third-order valence-electron chi connectivity index (χ3n) is 8.21. The van der Waals surface area contributed by atoms with Gasteiger partial charge in [-0.05, 0) is 51.1 Å². The number of amides is 1. The number of aromatic nitrogens is 1. The Morgan fingerprint density at radius 2 is 1.97 bits per heavy atom. The summed E-state index contributed by atoms with van der Waals surface area (Å²) in [6.45, 7) is 6.08. The van der Waals surface area contributed by atoms with E-state index in [-0.39, 0.29) is 24.8 Å². The second-order valence-electron chi connectivity index (χ2n) is 10.2. The van der Waals surface area contributed by atoms with E-state index in [1.165, 1.54) is 0 Å². The molecular weight excluding hydrogens is 435 g/mol. The summed E-state index contributed by atoms with van der Waals surface area (Å²) in [6.07, 6.45) is 0.716. The van der Waals surface area contributed by atoms with Gasteiger partial charge in [0.05, 0.1) is 18.4 Å². The van der Waals surface area contributed by atoms with Gasteiger partial charge in [-0.15, -0.1) is 0 Å². The van der Waals surface area contributed by atoms with Gasteiger partial charge < -0.3 is 19.7 Å². The Hall–Kier alpha value is -1.87. The van der Waals surface area contributed by atoms with Gasteiger partial charge in [0.15, 0.2) is 11.9 Å². The van der Waals surface area contributed by atoms with E-state index in [0.717, 1.165) is 51.4 Å². The molecule has 1 amide bonds. The molecule has 1 aromatic rings. The number of halogens is 3. The van der Waals surface area contributed by atoms with Crippen molar-refractivity contribution in [2.24, 2.45) is 11.3 Å². The van der Waals surface area contributed by atoms with Gasteiger partial charge in [0, 0.05) is 37.4 Å². The van der Waals surface area contributed by atoms with Gasteiger partial charge in [0.25, 0.3) is 0 Å². The van der Waals surface area contributed by atoms with Crippen molar-refractivity contribution in [2.75, 3.05) is 26.8 Å². The first-order valence-corrected chi connectivity index (χ1v) is 11.9. The van der Waals surface area contributed by atoms with Gasteiger partial charge in [-0.3, -0.25) is 4.79 Å².